The van der Waals surface area contributed by atoms with E-state index in [0.29, 0.717) is 12.1 Å². The first-order chi connectivity index (χ1) is 9.74. The van der Waals surface area contributed by atoms with Crippen molar-refractivity contribution in [2.75, 3.05) is 25.1 Å². The number of aromatic carboxylic acids is 1. The summed E-state index contributed by atoms with van der Waals surface area (Å²) in [6, 6.07) is 2.06. The molecule has 1 amide bonds. The van der Waals surface area contributed by atoms with Crippen molar-refractivity contribution in [1.82, 2.24) is 0 Å². The maximum atomic E-state index is 12.7. The van der Waals surface area contributed by atoms with Gasteiger partial charge in [-0.3, -0.25) is 4.79 Å². The standard InChI is InChI=1S/C12H13F3N2O4/c13-12(14,15)8-3-7(11(19)20)4-9(5-8)17-10(18)6-21-2-1-16/h3-5H,1-2,6,16H2,(H,17,18)(H,19,20). The SMILES string of the molecule is NCCOCC(=O)Nc1cc(C(=O)O)cc(C(F)(F)F)c1. The third-order valence-corrected chi connectivity index (χ3v) is 2.29. The highest BCUT2D eigenvalue weighted by molar-refractivity contribution is 5.94. The molecule has 0 radical (unpaired) electrons. The Morgan fingerprint density at radius 3 is 2.48 bits per heavy atom. The summed E-state index contributed by atoms with van der Waals surface area (Å²) in [7, 11) is 0. The van der Waals surface area contributed by atoms with Crippen molar-refractivity contribution in [3.63, 3.8) is 0 Å². The molecular formula is C12H13F3N2O4. The average molecular weight is 306 g/mol. The predicted octanol–water partition coefficient (Wildman–Crippen LogP) is 1.32. The molecule has 1 rings (SSSR count). The van der Waals surface area contributed by atoms with Crippen molar-refractivity contribution < 1.29 is 32.6 Å². The van der Waals surface area contributed by atoms with E-state index in [1.807, 2.05) is 0 Å². The summed E-state index contributed by atoms with van der Waals surface area (Å²) >= 11 is 0. The van der Waals surface area contributed by atoms with Crippen molar-refractivity contribution >= 4 is 17.6 Å². The largest absolute Gasteiger partial charge is 0.478 e. The van der Waals surface area contributed by atoms with E-state index in [9.17, 15) is 22.8 Å². The van der Waals surface area contributed by atoms with Gasteiger partial charge in [0, 0.05) is 12.2 Å². The number of amides is 1. The number of nitrogens with one attached hydrogen (secondary N) is 1. The third kappa shape index (κ3) is 5.40. The molecule has 116 valence electrons. The average Bonchev–Trinajstić information content (AvgIpc) is 2.37. The van der Waals surface area contributed by atoms with Gasteiger partial charge in [-0.2, -0.15) is 13.2 Å². The van der Waals surface area contributed by atoms with Gasteiger partial charge in [-0.15, -0.1) is 0 Å². The molecule has 0 aliphatic rings. The zero-order valence-corrected chi connectivity index (χ0v) is 10.7. The Morgan fingerprint density at radius 2 is 1.95 bits per heavy atom. The highest BCUT2D eigenvalue weighted by Crippen LogP contribution is 2.32. The van der Waals surface area contributed by atoms with Crippen molar-refractivity contribution in [3.05, 3.63) is 29.3 Å². The fraction of sp³-hybridized carbons (Fsp3) is 0.333. The van der Waals surface area contributed by atoms with Crippen molar-refractivity contribution in [2.24, 2.45) is 5.73 Å². The van der Waals surface area contributed by atoms with Crippen molar-refractivity contribution in [3.8, 4) is 0 Å². The van der Waals surface area contributed by atoms with Gasteiger partial charge in [0.2, 0.25) is 5.91 Å². The molecule has 0 heterocycles. The molecule has 0 fully saturated rings. The van der Waals surface area contributed by atoms with E-state index in [1.165, 1.54) is 0 Å². The summed E-state index contributed by atoms with van der Waals surface area (Å²) in [6.45, 7) is -0.0771. The minimum Gasteiger partial charge on any atom is -0.478 e. The van der Waals surface area contributed by atoms with Gasteiger partial charge in [-0.1, -0.05) is 0 Å². The lowest BCUT2D eigenvalue weighted by Gasteiger charge is -2.11. The number of nitrogens with two attached hydrogens (primary N) is 1. The fourth-order valence-corrected chi connectivity index (χ4v) is 1.43. The topological polar surface area (TPSA) is 102 Å². The monoisotopic (exact) mass is 306 g/mol. The van der Waals surface area contributed by atoms with E-state index in [-0.39, 0.29) is 18.8 Å². The lowest BCUT2D eigenvalue weighted by molar-refractivity contribution is -0.137. The molecule has 6 nitrogen and oxygen atoms in total. The van der Waals surface area contributed by atoms with Gasteiger partial charge in [-0.05, 0) is 18.2 Å². The first kappa shape index (κ1) is 16.9. The summed E-state index contributed by atoms with van der Waals surface area (Å²) in [5.41, 5.74) is 3.12. The number of carboxylic acid groups (broad SMARTS) is 1. The number of benzene rings is 1. The minimum absolute atomic E-state index is 0.121. The van der Waals surface area contributed by atoms with Crippen LogP contribution in [0, 0.1) is 0 Å². The molecule has 9 heteroatoms. The predicted molar refractivity (Wildman–Crippen MR) is 66.9 cm³/mol. The van der Waals surface area contributed by atoms with Crippen LogP contribution < -0.4 is 11.1 Å². The van der Waals surface area contributed by atoms with E-state index in [0.717, 1.165) is 6.07 Å². The second-order valence-corrected chi connectivity index (χ2v) is 3.99. The van der Waals surface area contributed by atoms with Crippen molar-refractivity contribution in [1.29, 1.82) is 0 Å². The molecule has 21 heavy (non-hydrogen) atoms. The van der Waals surface area contributed by atoms with Gasteiger partial charge in [0.25, 0.3) is 0 Å². The van der Waals surface area contributed by atoms with Gasteiger partial charge >= 0.3 is 12.1 Å². The van der Waals surface area contributed by atoms with E-state index >= 15 is 0 Å². The van der Waals surface area contributed by atoms with Gasteiger partial charge in [0.15, 0.2) is 0 Å². The van der Waals surface area contributed by atoms with E-state index < -0.39 is 35.8 Å². The molecule has 1 aromatic rings. The Morgan fingerprint density at radius 1 is 1.29 bits per heavy atom. The smallest absolute Gasteiger partial charge is 0.416 e. The van der Waals surface area contributed by atoms with Crippen LogP contribution in [0.3, 0.4) is 0 Å². The molecule has 0 unspecified atom stereocenters. The molecular weight excluding hydrogens is 293 g/mol. The molecule has 1 aromatic carbocycles. The lowest BCUT2D eigenvalue weighted by Crippen LogP contribution is -2.21. The number of anilines is 1. The first-order valence-electron chi connectivity index (χ1n) is 5.77. The molecule has 0 aliphatic heterocycles. The van der Waals surface area contributed by atoms with Crippen LogP contribution >= 0.6 is 0 Å². The molecule has 0 atom stereocenters. The Bertz CT molecular complexity index is 532. The second kappa shape index (κ2) is 7.04. The van der Waals surface area contributed by atoms with Crippen molar-refractivity contribution in [2.45, 2.75) is 6.18 Å². The number of carboxylic acids is 1. The van der Waals surface area contributed by atoms with Crippen LogP contribution in [0.25, 0.3) is 0 Å². The van der Waals surface area contributed by atoms with Crippen LogP contribution in [0.5, 0.6) is 0 Å². The van der Waals surface area contributed by atoms with Crippen LogP contribution in [0.15, 0.2) is 18.2 Å². The summed E-state index contributed by atoms with van der Waals surface area (Å²) in [4.78, 5) is 22.2. The van der Waals surface area contributed by atoms with E-state index in [1.54, 1.807) is 0 Å². The Hall–Kier alpha value is -2.13. The lowest BCUT2D eigenvalue weighted by atomic mass is 10.1. The Balaban J connectivity index is 2.93. The van der Waals surface area contributed by atoms with E-state index in [2.05, 4.69) is 5.32 Å². The van der Waals surface area contributed by atoms with Gasteiger partial charge in [-0.25, -0.2) is 4.79 Å². The number of hydrogen-bond acceptors (Lipinski definition) is 4. The van der Waals surface area contributed by atoms with Gasteiger partial charge < -0.3 is 20.9 Å². The van der Waals surface area contributed by atoms with Crippen LogP contribution in [0.4, 0.5) is 18.9 Å². The maximum absolute atomic E-state index is 12.7. The van der Waals surface area contributed by atoms with E-state index in [4.69, 9.17) is 15.6 Å². The molecule has 4 N–H and O–H groups in total. The second-order valence-electron chi connectivity index (χ2n) is 3.99. The van der Waals surface area contributed by atoms with Gasteiger partial charge in [0.05, 0.1) is 17.7 Å². The first-order valence-corrected chi connectivity index (χ1v) is 5.77. The normalized spacial score (nSPS) is 11.2. The highest BCUT2D eigenvalue weighted by atomic mass is 19.4. The number of rotatable bonds is 6. The highest BCUT2D eigenvalue weighted by Gasteiger charge is 2.32. The molecule has 0 saturated carbocycles. The zero-order chi connectivity index (χ0) is 16.0. The van der Waals surface area contributed by atoms with Crippen LogP contribution in [-0.2, 0) is 15.7 Å². The summed E-state index contributed by atoms with van der Waals surface area (Å²) in [5, 5.41) is 10.9. The third-order valence-electron chi connectivity index (χ3n) is 2.29. The molecule has 0 bridgehead atoms. The quantitative estimate of drug-likeness (QED) is 0.688. The fourth-order valence-electron chi connectivity index (χ4n) is 1.43. The number of carbonyl (C=O) groups excluding carboxylic acids is 1. The number of ether oxygens (including phenoxy) is 1. The summed E-state index contributed by atoms with van der Waals surface area (Å²) in [5.74, 6) is -2.24. The minimum atomic E-state index is -4.72. The molecule has 0 aliphatic carbocycles. The Labute approximate surface area is 117 Å². The maximum Gasteiger partial charge on any atom is 0.416 e. The summed E-state index contributed by atoms with van der Waals surface area (Å²) in [6.07, 6.45) is -4.72. The number of hydrogen-bond donors (Lipinski definition) is 3. The van der Waals surface area contributed by atoms with Crippen LogP contribution in [0.2, 0.25) is 0 Å². The molecule has 0 spiro atoms. The zero-order valence-electron chi connectivity index (χ0n) is 10.7. The number of alkyl halides is 3. The van der Waals surface area contributed by atoms with Gasteiger partial charge in [0.1, 0.15) is 6.61 Å². The molecule has 0 saturated heterocycles. The Kier molecular flexibility index (Phi) is 5.68. The number of carbonyl (C=O) groups is 2. The number of halogens is 3. The van der Waals surface area contributed by atoms with Crippen LogP contribution in [-0.4, -0.2) is 36.7 Å². The molecule has 0 aromatic heterocycles. The van der Waals surface area contributed by atoms with Crippen LogP contribution in [0.1, 0.15) is 15.9 Å². The summed E-state index contributed by atoms with van der Waals surface area (Å²) < 4.78 is 42.8.